The molecule has 0 aliphatic heterocycles. The molecule has 0 bridgehead atoms. The van der Waals surface area contributed by atoms with Gasteiger partial charge in [-0.05, 0) is 48.9 Å². The van der Waals surface area contributed by atoms with Crippen LogP contribution in [0.4, 0.5) is 0 Å². The zero-order valence-electron chi connectivity index (χ0n) is 12.7. The first-order valence-electron chi connectivity index (χ1n) is 7.56. The highest BCUT2D eigenvalue weighted by Gasteiger charge is 2.16. The van der Waals surface area contributed by atoms with Crippen LogP contribution < -0.4 is 4.74 Å². The van der Waals surface area contributed by atoms with E-state index in [-0.39, 0.29) is 0 Å². The van der Waals surface area contributed by atoms with Crippen LogP contribution in [0.3, 0.4) is 0 Å². The molecular formula is C17H25ClO2. The van der Waals surface area contributed by atoms with Crippen LogP contribution in [0.5, 0.6) is 5.75 Å². The third kappa shape index (κ3) is 5.16. The number of carbonyl (C=O) groups is 1. The molecule has 0 spiro atoms. The van der Waals surface area contributed by atoms with Crippen molar-refractivity contribution in [3.63, 3.8) is 0 Å². The number of carbonyl (C=O) groups excluding carboxylic acids is 1. The first kappa shape index (κ1) is 17.0. The molecule has 1 unspecified atom stereocenters. The van der Waals surface area contributed by atoms with E-state index in [9.17, 15) is 4.79 Å². The van der Waals surface area contributed by atoms with Crippen LogP contribution in [-0.4, -0.2) is 12.4 Å². The van der Waals surface area contributed by atoms with Gasteiger partial charge in [0.2, 0.25) is 0 Å². The molecule has 0 heterocycles. The molecule has 0 radical (unpaired) electrons. The molecule has 112 valence electrons. The summed E-state index contributed by atoms with van der Waals surface area (Å²) in [5, 5.41) is 0.726. The van der Waals surface area contributed by atoms with E-state index in [0.29, 0.717) is 31.1 Å². The van der Waals surface area contributed by atoms with Gasteiger partial charge in [0.25, 0.3) is 0 Å². The van der Waals surface area contributed by atoms with E-state index in [1.807, 2.05) is 25.1 Å². The van der Waals surface area contributed by atoms with E-state index >= 15 is 0 Å². The van der Waals surface area contributed by atoms with Crippen molar-refractivity contribution in [2.24, 2.45) is 0 Å². The summed E-state index contributed by atoms with van der Waals surface area (Å²) in [6.07, 6.45) is 4.08. The van der Waals surface area contributed by atoms with Crippen LogP contribution in [0.25, 0.3) is 0 Å². The molecule has 0 aliphatic rings. The average molecular weight is 297 g/mol. The highest BCUT2D eigenvalue weighted by Crippen LogP contribution is 2.34. The van der Waals surface area contributed by atoms with Gasteiger partial charge in [-0.1, -0.05) is 32.4 Å². The molecule has 0 saturated carbocycles. The Morgan fingerprint density at radius 2 is 2.05 bits per heavy atom. The van der Waals surface area contributed by atoms with E-state index in [1.54, 1.807) is 0 Å². The molecule has 0 amide bonds. The number of ketones is 1. The predicted octanol–water partition coefficient (Wildman–Crippen LogP) is 5.38. The molecule has 0 saturated heterocycles. The van der Waals surface area contributed by atoms with Gasteiger partial charge in [0.1, 0.15) is 11.5 Å². The van der Waals surface area contributed by atoms with Gasteiger partial charge in [-0.25, -0.2) is 0 Å². The van der Waals surface area contributed by atoms with Crippen molar-refractivity contribution in [3.8, 4) is 5.75 Å². The number of Topliss-reactive ketones (excluding diaryl/α,β-unsaturated/α-hetero) is 1. The Morgan fingerprint density at radius 1 is 1.30 bits per heavy atom. The Labute approximate surface area is 127 Å². The largest absolute Gasteiger partial charge is 0.493 e. The number of halogens is 1. The van der Waals surface area contributed by atoms with Crippen molar-refractivity contribution in [1.29, 1.82) is 0 Å². The Hall–Kier alpha value is -1.02. The van der Waals surface area contributed by atoms with E-state index in [4.69, 9.17) is 16.3 Å². The Morgan fingerprint density at radius 3 is 2.65 bits per heavy atom. The van der Waals surface area contributed by atoms with Crippen LogP contribution in [0, 0.1) is 0 Å². The topological polar surface area (TPSA) is 26.3 Å². The van der Waals surface area contributed by atoms with E-state index in [1.165, 1.54) is 0 Å². The minimum atomic E-state index is 0.321. The summed E-state index contributed by atoms with van der Waals surface area (Å²) in [4.78, 5) is 11.5. The lowest BCUT2D eigenvalue weighted by molar-refractivity contribution is -0.118. The van der Waals surface area contributed by atoms with Crippen molar-refractivity contribution in [1.82, 2.24) is 0 Å². The summed E-state index contributed by atoms with van der Waals surface area (Å²) < 4.78 is 5.81. The van der Waals surface area contributed by atoms with Crippen LogP contribution in [0.2, 0.25) is 5.02 Å². The van der Waals surface area contributed by atoms with Crippen LogP contribution in [0.1, 0.15) is 64.4 Å². The molecule has 1 rings (SSSR count). The molecule has 2 nitrogen and oxygen atoms in total. The highest BCUT2D eigenvalue weighted by molar-refractivity contribution is 6.30. The van der Waals surface area contributed by atoms with Crippen LogP contribution in [-0.2, 0) is 4.79 Å². The van der Waals surface area contributed by atoms with Gasteiger partial charge in [-0.2, -0.15) is 0 Å². The molecule has 0 fully saturated rings. The predicted molar refractivity (Wildman–Crippen MR) is 84.8 cm³/mol. The molecule has 20 heavy (non-hydrogen) atoms. The fraction of sp³-hybridized carbons (Fsp3) is 0.588. The number of ether oxygens (including phenoxy) is 1. The zero-order chi connectivity index (χ0) is 15.0. The second-order valence-electron chi connectivity index (χ2n) is 5.07. The van der Waals surface area contributed by atoms with Gasteiger partial charge < -0.3 is 4.74 Å². The maximum absolute atomic E-state index is 11.5. The second-order valence-corrected chi connectivity index (χ2v) is 5.50. The normalized spacial score (nSPS) is 12.2. The first-order chi connectivity index (χ1) is 9.62. The van der Waals surface area contributed by atoms with Crippen molar-refractivity contribution >= 4 is 17.4 Å². The van der Waals surface area contributed by atoms with Gasteiger partial charge in [0.05, 0.1) is 6.61 Å². The number of rotatable bonds is 9. The van der Waals surface area contributed by atoms with Crippen molar-refractivity contribution in [2.45, 2.75) is 58.8 Å². The fourth-order valence-corrected chi connectivity index (χ4v) is 2.45. The minimum absolute atomic E-state index is 0.321. The lowest BCUT2D eigenvalue weighted by Crippen LogP contribution is -2.06. The molecule has 0 aromatic heterocycles. The molecule has 1 aromatic carbocycles. The summed E-state index contributed by atoms with van der Waals surface area (Å²) in [5.74, 6) is 1.56. The zero-order valence-corrected chi connectivity index (χ0v) is 13.5. The van der Waals surface area contributed by atoms with E-state index in [2.05, 4.69) is 13.8 Å². The summed E-state index contributed by atoms with van der Waals surface area (Å²) in [6.45, 7) is 6.86. The first-order valence-corrected chi connectivity index (χ1v) is 7.94. The average Bonchev–Trinajstić information content (AvgIpc) is 2.46. The van der Waals surface area contributed by atoms with Gasteiger partial charge in [-0.15, -0.1) is 0 Å². The highest BCUT2D eigenvalue weighted by atomic mass is 35.5. The summed E-state index contributed by atoms with van der Waals surface area (Å²) >= 11 is 6.12. The number of hydrogen-bond acceptors (Lipinski definition) is 2. The van der Waals surface area contributed by atoms with Crippen molar-refractivity contribution in [2.75, 3.05) is 6.61 Å². The lowest BCUT2D eigenvalue weighted by Gasteiger charge is -2.19. The molecule has 1 aromatic rings. The van der Waals surface area contributed by atoms with Crippen LogP contribution in [0.15, 0.2) is 18.2 Å². The second kappa shape index (κ2) is 9.02. The molecule has 0 aliphatic carbocycles. The van der Waals surface area contributed by atoms with Crippen molar-refractivity contribution < 1.29 is 9.53 Å². The molecular weight excluding hydrogens is 272 g/mol. The Bertz CT molecular complexity index is 429. The molecule has 1 atom stereocenters. The molecule has 0 N–H and O–H groups in total. The Balaban J connectivity index is 2.88. The number of benzene rings is 1. The summed E-state index contributed by atoms with van der Waals surface area (Å²) in [6, 6.07) is 5.79. The number of hydrogen-bond donors (Lipinski definition) is 0. The van der Waals surface area contributed by atoms with E-state index in [0.717, 1.165) is 35.6 Å². The minimum Gasteiger partial charge on any atom is -0.493 e. The monoisotopic (exact) mass is 296 g/mol. The van der Waals surface area contributed by atoms with E-state index < -0.39 is 0 Å². The Kier molecular flexibility index (Phi) is 7.68. The maximum Gasteiger partial charge on any atom is 0.132 e. The fourth-order valence-electron chi connectivity index (χ4n) is 2.27. The van der Waals surface area contributed by atoms with Gasteiger partial charge >= 0.3 is 0 Å². The maximum atomic E-state index is 11.5. The third-order valence-electron chi connectivity index (χ3n) is 3.53. The smallest absolute Gasteiger partial charge is 0.132 e. The summed E-state index contributed by atoms with van der Waals surface area (Å²) in [5.41, 5.74) is 1.14. The van der Waals surface area contributed by atoms with Crippen molar-refractivity contribution in [3.05, 3.63) is 28.8 Å². The van der Waals surface area contributed by atoms with Gasteiger partial charge in [-0.3, -0.25) is 4.79 Å². The SMILES string of the molecule is CCCOc1ccc(Cl)cc1C(CC)CCC(=O)CC. The lowest BCUT2D eigenvalue weighted by atomic mass is 9.90. The standard InChI is InChI=1S/C17H25ClO2/c1-4-11-20-17-10-8-14(18)12-16(17)13(5-2)7-9-15(19)6-3/h8,10,12-13H,4-7,9,11H2,1-3H3. The van der Waals surface area contributed by atoms with Gasteiger partial charge in [0, 0.05) is 17.9 Å². The summed E-state index contributed by atoms with van der Waals surface area (Å²) in [7, 11) is 0. The van der Waals surface area contributed by atoms with Gasteiger partial charge in [0.15, 0.2) is 0 Å². The third-order valence-corrected chi connectivity index (χ3v) is 3.77. The quantitative estimate of drug-likeness (QED) is 0.611. The van der Waals surface area contributed by atoms with Crippen LogP contribution >= 0.6 is 11.6 Å². The molecule has 3 heteroatoms.